The van der Waals surface area contributed by atoms with E-state index < -0.39 is 0 Å². The lowest BCUT2D eigenvalue weighted by atomic mass is 9.88. The highest BCUT2D eigenvalue weighted by atomic mass is 16.5. The molecule has 0 N–H and O–H groups in total. The number of methoxy groups -OCH3 is 1. The van der Waals surface area contributed by atoms with E-state index in [4.69, 9.17) is 4.74 Å². The molecule has 1 heterocycles. The molecule has 1 saturated heterocycles. The van der Waals surface area contributed by atoms with Crippen molar-refractivity contribution in [3.8, 4) is 5.75 Å². The topological polar surface area (TPSA) is 49.9 Å². The summed E-state index contributed by atoms with van der Waals surface area (Å²) in [6.45, 7) is 1.54. The Hall–Kier alpha value is -2.82. The number of carbonyl (C=O) groups excluding carboxylic acids is 2. The third kappa shape index (κ3) is 5.27. The average Bonchev–Trinajstić information content (AvgIpc) is 2.82. The van der Waals surface area contributed by atoms with Gasteiger partial charge in [0.15, 0.2) is 0 Å². The van der Waals surface area contributed by atoms with E-state index in [0.717, 1.165) is 13.0 Å². The lowest BCUT2D eigenvalue weighted by molar-refractivity contribution is -0.139. The Kier molecular flexibility index (Phi) is 6.90. The molecule has 5 heteroatoms. The van der Waals surface area contributed by atoms with Crippen LogP contribution in [0, 0.1) is 5.92 Å². The summed E-state index contributed by atoms with van der Waals surface area (Å²) in [5.41, 5.74) is 1.79. The summed E-state index contributed by atoms with van der Waals surface area (Å²) in [4.78, 5) is 30.2. The number of rotatable bonds is 6. The Morgan fingerprint density at radius 1 is 1.00 bits per heavy atom. The van der Waals surface area contributed by atoms with Crippen molar-refractivity contribution in [3.05, 3.63) is 65.7 Å². The molecular weight excluding hydrogens is 388 g/mol. The van der Waals surface area contributed by atoms with Crippen LogP contribution in [0.1, 0.15) is 48.0 Å². The molecule has 0 unspecified atom stereocenters. The second-order valence-electron chi connectivity index (χ2n) is 8.81. The first kappa shape index (κ1) is 21.4. The Labute approximate surface area is 185 Å². The third-order valence-corrected chi connectivity index (χ3v) is 6.64. The van der Waals surface area contributed by atoms with Crippen molar-refractivity contribution in [3.63, 3.8) is 0 Å². The first-order valence-corrected chi connectivity index (χ1v) is 11.4. The molecule has 1 aliphatic heterocycles. The summed E-state index contributed by atoms with van der Waals surface area (Å²) in [5.74, 6) is 1.28. The fourth-order valence-corrected chi connectivity index (χ4v) is 4.91. The Morgan fingerprint density at radius 2 is 1.71 bits per heavy atom. The van der Waals surface area contributed by atoms with E-state index in [2.05, 4.69) is 17.0 Å². The maximum atomic E-state index is 13.2. The van der Waals surface area contributed by atoms with Crippen LogP contribution in [0.4, 0.5) is 0 Å². The second-order valence-corrected chi connectivity index (χ2v) is 8.81. The van der Waals surface area contributed by atoms with E-state index in [1.165, 1.54) is 37.7 Å². The van der Waals surface area contributed by atoms with Crippen LogP contribution >= 0.6 is 0 Å². The van der Waals surface area contributed by atoms with Crippen molar-refractivity contribution >= 4 is 11.8 Å². The van der Waals surface area contributed by atoms with Crippen LogP contribution in [0.3, 0.4) is 0 Å². The van der Waals surface area contributed by atoms with Gasteiger partial charge < -0.3 is 14.5 Å². The van der Waals surface area contributed by atoms with E-state index in [9.17, 15) is 9.59 Å². The molecule has 2 aliphatic rings. The van der Waals surface area contributed by atoms with Crippen LogP contribution in [-0.2, 0) is 11.2 Å². The van der Waals surface area contributed by atoms with Crippen molar-refractivity contribution in [1.82, 2.24) is 9.80 Å². The van der Waals surface area contributed by atoms with Crippen LogP contribution in [-0.4, -0.2) is 54.4 Å². The molecule has 2 amide bonds. The van der Waals surface area contributed by atoms with Gasteiger partial charge in [0, 0.05) is 18.7 Å². The van der Waals surface area contributed by atoms with Gasteiger partial charge in [-0.15, -0.1) is 0 Å². The van der Waals surface area contributed by atoms with E-state index in [0.29, 0.717) is 23.8 Å². The molecule has 2 aromatic carbocycles. The summed E-state index contributed by atoms with van der Waals surface area (Å²) in [6.07, 6.45) is 7.01. The van der Waals surface area contributed by atoms with E-state index in [1.807, 2.05) is 18.2 Å². The molecule has 0 radical (unpaired) electrons. The van der Waals surface area contributed by atoms with E-state index in [-0.39, 0.29) is 24.4 Å². The lowest BCUT2D eigenvalue weighted by Gasteiger charge is -2.43. The zero-order valence-corrected chi connectivity index (χ0v) is 18.3. The Bertz CT molecular complexity index is 875. The van der Waals surface area contributed by atoms with E-state index in [1.54, 1.807) is 36.3 Å². The summed E-state index contributed by atoms with van der Waals surface area (Å²) in [5, 5.41) is 0. The Morgan fingerprint density at radius 3 is 2.39 bits per heavy atom. The number of benzene rings is 2. The quantitative estimate of drug-likeness (QED) is 0.705. The van der Waals surface area contributed by atoms with Gasteiger partial charge in [0.1, 0.15) is 12.3 Å². The average molecular weight is 421 g/mol. The number of carbonyl (C=O) groups is 2. The molecule has 0 spiro atoms. The highest BCUT2D eigenvalue weighted by Gasteiger charge is 2.36. The molecule has 1 saturated carbocycles. The normalized spacial score (nSPS) is 20.0. The van der Waals surface area contributed by atoms with Crippen molar-refractivity contribution in [2.75, 3.05) is 26.7 Å². The van der Waals surface area contributed by atoms with Crippen molar-refractivity contribution in [2.24, 2.45) is 5.92 Å². The number of hydrogen-bond donors (Lipinski definition) is 0. The van der Waals surface area contributed by atoms with Gasteiger partial charge in [0.05, 0.1) is 13.2 Å². The van der Waals surface area contributed by atoms with Crippen LogP contribution < -0.4 is 4.74 Å². The van der Waals surface area contributed by atoms with Gasteiger partial charge in [0.2, 0.25) is 5.91 Å². The molecule has 0 aromatic heterocycles. The van der Waals surface area contributed by atoms with Gasteiger partial charge in [-0.1, -0.05) is 49.6 Å². The number of nitrogens with zero attached hydrogens (tertiary/aromatic N) is 2. The fraction of sp³-hybridized carbons (Fsp3) is 0.462. The second kappa shape index (κ2) is 9.99. The molecule has 2 aromatic rings. The molecule has 1 atom stereocenters. The lowest BCUT2D eigenvalue weighted by Crippen LogP contribution is -2.59. The van der Waals surface area contributed by atoms with Gasteiger partial charge in [-0.25, -0.2) is 0 Å². The SMILES string of the molecule is COc1ccc(C(=O)N2CC(=O)N(CC3CCCCC3)[C@@H](Cc3ccccc3)C2)cc1. The van der Waals surface area contributed by atoms with Crippen LogP contribution in [0.25, 0.3) is 0 Å². The molecule has 0 bridgehead atoms. The minimum Gasteiger partial charge on any atom is -0.497 e. The zero-order valence-electron chi connectivity index (χ0n) is 18.3. The number of amides is 2. The van der Waals surface area contributed by atoms with Gasteiger partial charge in [-0.2, -0.15) is 0 Å². The molecule has 31 heavy (non-hydrogen) atoms. The summed E-state index contributed by atoms with van der Waals surface area (Å²) < 4.78 is 5.20. The van der Waals surface area contributed by atoms with Gasteiger partial charge in [-0.05, 0) is 55.0 Å². The first-order valence-electron chi connectivity index (χ1n) is 11.4. The molecule has 4 rings (SSSR count). The van der Waals surface area contributed by atoms with Gasteiger partial charge >= 0.3 is 0 Å². The largest absolute Gasteiger partial charge is 0.497 e. The minimum absolute atomic E-state index is 0.00720. The van der Waals surface area contributed by atoms with Crippen molar-refractivity contribution in [2.45, 2.75) is 44.6 Å². The third-order valence-electron chi connectivity index (χ3n) is 6.64. The maximum absolute atomic E-state index is 13.2. The van der Waals surface area contributed by atoms with Crippen molar-refractivity contribution < 1.29 is 14.3 Å². The van der Waals surface area contributed by atoms with Crippen LogP contribution in [0.2, 0.25) is 0 Å². The van der Waals surface area contributed by atoms with Crippen molar-refractivity contribution in [1.29, 1.82) is 0 Å². The van der Waals surface area contributed by atoms with Crippen LogP contribution in [0.5, 0.6) is 5.75 Å². The Balaban J connectivity index is 1.52. The number of piperazine rings is 1. The fourth-order valence-electron chi connectivity index (χ4n) is 4.91. The zero-order chi connectivity index (χ0) is 21.6. The molecule has 5 nitrogen and oxygen atoms in total. The number of ether oxygens (including phenoxy) is 1. The summed E-state index contributed by atoms with van der Waals surface area (Å²) >= 11 is 0. The van der Waals surface area contributed by atoms with Crippen LogP contribution in [0.15, 0.2) is 54.6 Å². The molecular formula is C26H32N2O3. The minimum atomic E-state index is -0.0913. The highest BCUT2D eigenvalue weighted by Crippen LogP contribution is 2.27. The predicted octanol–water partition coefficient (Wildman–Crippen LogP) is 4.17. The number of hydrogen-bond acceptors (Lipinski definition) is 3. The monoisotopic (exact) mass is 420 g/mol. The highest BCUT2D eigenvalue weighted by molar-refractivity contribution is 5.97. The first-order chi connectivity index (χ1) is 15.1. The predicted molar refractivity (Wildman–Crippen MR) is 121 cm³/mol. The summed E-state index contributed by atoms with van der Waals surface area (Å²) in [7, 11) is 1.61. The maximum Gasteiger partial charge on any atom is 0.254 e. The molecule has 1 aliphatic carbocycles. The van der Waals surface area contributed by atoms with Gasteiger partial charge in [-0.3, -0.25) is 9.59 Å². The smallest absolute Gasteiger partial charge is 0.254 e. The van der Waals surface area contributed by atoms with E-state index >= 15 is 0 Å². The standard InChI is InChI=1S/C26H32N2O3/c1-31-24-14-12-22(13-15-24)26(30)27-18-23(16-20-8-4-2-5-9-20)28(25(29)19-27)17-21-10-6-3-7-11-21/h2,4-5,8-9,12-15,21,23H,3,6-7,10-11,16-19H2,1H3/t23-/m0/s1. The van der Waals surface area contributed by atoms with Gasteiger partial charge in [0.25, 0.3) is 5.91 Å². The summed E-state index contributed by atoms with van der Waals surface area (Å²) in [6, 6.07) is 17.4. The molecule has 2 fully saturated rings. The molecule has 164 valence electrons.